The molecule has 5 nitrogen and oxygen atoms in total. The van der Waals surface area contributed by atoms with E-state index in [0.717, 1.165) is 0 Å². The number of primary amides is 1. The van der Waals surface area contributed by atoms with E-state index in [9.17, 15) is 14.4 Å². The van der Waals surface area contributed by atoms with Gasteiger partial charge in [-0.05, 0) is 0 Å². The lowest BCUT2D eigenvalue weighted by Crippen LogP contribution is -2.30. The van der Waals surface area contributed by atoms with Crippen molar-refractivity contribution in [2.24, 2.45) is 11.7 Å². The molecular weight excluding hydrogens is 136 g/mol. The van der Waals surface area contributed by atoms with Gasteiger partial charge in [0.15, 0.2) is 0 Å². The van der Waals surface area contributed by atoms with Crippen LogP contribution < -0.4 is 11.1 Å². The Labute approximate surface area is 56.6 Å². The smallest absolute Gasteiger partial charge is 0.239 e. The molecule has 0 saturated carbocycles. The molecule has 1 fully saturated rings. The molecule has 0 aromatic carbocycles. The zero-order valence-electron chi connectivity index (χ0n) is 5.09. The molecule has 5 heteroatoms. The highest BCUT2D eigenvalue weighted by Gasteiger charge is 2.34. The summed E-state index contributed by atoms with van der Waals surface area (Å²) in [6, 6.07) is 0. The van der Waals surface area contributed by atoms with Crippen LogP contribution in [0.15, 0.2) is 0 Å². The van der Waals surface area contributed by atoms with E-state index >= 15 is 0 Å². The number of imide groups is 1. The molecule has 0 radical (unpaired) electrons. The molecular formula is C5H6N2O3. The van der Waals surface area contributed by atoms with Gasteiger partial charge in [0.1, 0.15) is 5.92 Å². The van der Waals surface area contributed by atoms with Crippen molar-refractivity contribution >= 4 is 17.7 Å². The van der Waals surface area contributed by atoms with Crippen LogP contribution in [-0.2, 0) is 14.4 Å². The van der Waals surface area contributed by atoms with E-state index in [1.54, 1.807) is 0 Å². The molecule has 54 valence electrons. The van der Waals surface area contributed by atoms with Crippen molar-refractivity contribution in [3.8, 4) is 0 Å². The second-order valence-electron chi connectivity index (χ2n) is 2.07. The van der Waals surface area contributed by atoms with E-state index in [4.69, 9.17) is 5.73 Å². The maximum atomic E-state index is 10.6. The predicted octanol–water partition coefficient (Wildman–Crippen LogP) is -1.87. The Balaban J connectivity index is 2.72. The van der Waals surface area contributed by atoms with Crippen molar-refractivity contribution in [1.29, 1.82) is 0 Å². The van der Waals surface area contributed by atoms with Gasteiger partial charge in [-0.25, -0.2) is 0 Å². The zero-order valence-corrected chi connectivity index (χ0v) is 5.09. The molecule has 1 aliphatic rings. The molecule has 1 aliphatic heterocycles. The standard InChI is InChI=1S/C5H6N2O3/c6-4(9)2-1-3(8)7-5(2)10/h2H,1H2,(H2,6,9)(H,7,8,10). The molecule has 0 aromatic rings. The third kappa shape index (κ3) is 0.975. The zero-order chi connectivity index (χ0) is 7.72. The Morgan fingerprint density at radius 1 is 1.60 bits per heavy atom. The Morgan fingerprint density at radius 2 is 2.20 bits per heavy atom. The van der Waals surface area contributed by atoms with Gasteiger partial charge < -0.3 is 5.73 Å². The number of carbonyl (C=O) groups is 3. The lowest BCUT2D eigenvalue weighted by molar-refractivity contribution is -0.131. The maximum Gasteiger partial charge on any atom is 0.239 e. The fourth-order valence-corrected chi connectivity index (χ4v) is 0.783. The summed E-state index contributed by atoms with van der Waals surface area (Å²) in [6.45, 7) is 0. The first-order valence-electron chi connectivity index (χ1n) is 2.74. The van der Waals surface area contributed by atoms with Crippen LogP contribution in [0, 0.1) is 5.92 Å². The molecule has 1 atom stereocenters. The summed E-state index contributed by atoms with van der Waals surface area (Å²) in [5, 5.41) is 1.97. The number of rotatable bonds is 1. The number of hydrogen-bond acceptors (Lipinski definition) is 3. The van der Waals surface area contributed by atoms with Crippen LogP contribution >= 0.6 is 0 Å². The fourth-order valence-electron chi connectivity index (χ4n) is 0.783. The summed E-state index contributed by atoms with van der Waals surface area (Å²) in [6.07, 6.45) is -0.103. The van der Waals surface area contributed by atoms with Crippen LogP contribution in [0.5, 0.6) is 0 Å². The summed E-state index contributed by atoms with van der Waals surface area (Å²) in [7, 11) is 0. The lowest BCUT2D eigenvalue weighted by Gasteiger charge is -1.95. The minimum absolute atomic E-state index is 0.103. The highest BCUT2D eigenvalue weighted by atomic mass is 16.2. The van der Waals surface area contributed by atoms with Crippen LogP contribution in [0.1, 0.15) is 6.42 Å². The number of nitrogens with two attached hydrogens (primary N) is 1. The lowest BCUT2D eigenvalue weighted by atomic mass is 10.1. The van der Waals surface area contributed by atoms with Crippen LogP contribution in [0.4, 0.5) is 0 Å². The third-order valence-electron chi connectivity index (χ3n) is 1.31. The highest BCUT2D eigenvalue weighted by molar-refractivity contribution is 6.13. The van der Waals surface area contributed by atoms with Gasteiger partial charge in [-0.2, -0.15) is 0 Å². The fraction of sp³-hybridized carbons (Fsp3) is 0.400. The van der Waals surface area contributed by atoms with Crippen molar-refractivity contribution < 1.29 is 14.4 Å². The molecule has 3 N–H and O–H groups in total. The van der Waals surface area contributed by atoms with Crippen LogP contribution in [0.25, 0.3) is 0 Å². The first-order chi connectivity index (χ1) is 4.61. The second-order valence-corrected chi connectivity index (χ2v) is 2.07. The summed E-state index contributed by atoms with van der Waals surface area (Å²) < 4.78 is 0. The topological polar surface area (TPSA) is 89.3 Å². The molecule has 0 aromatic heterocycles. The van der Waals surface area contributed by atoms with E-state index in [1.165, 1.54) is 0 Å². The van der Waals surface area contributed by atoms with E-state index in [1.807, 2.05) is 5.32 Å². The third-order valence-corrected chi connectivity index (χ3v) is 1.31. The largest absolute Gasteiger partial charge is 0.369 e. The second kappa shape index (κ2) is 2.09. The minimum Gasteiger partial charge on any atom is -0.369 e. The molecule has 0 bridgehead atoms. The van der Waals surface area contributed by atoms with E-state index in [-0.39, 0.29) is 6.42 Å². The van der Waals surface area contributed by atoms with E-state index in [2.05, 4.69) is 0 Å². The van der Waals surface area contributed by atoms with E-state index in [0.29, 0.717) is 0 Å². The van der Waals surface area contributed by atoms with Crippen LogP contribution in [0.2, 0.25) is 0 Å². The summed E-state index contributed by atoms with van der Waals surface area (Å²) in [5.41, 5.74) is 4.80. The van der Waals surface area contributed by atoms with Crippen molar-refractivity contribution in [2.45, 2.75) is 6.42 Å². The van der Waals surface area contributed by atoms with Gasteiger partial charge >= 0.3 is 0 Å². The van der Waals surface area contributed by atoms with Crippen molar-refractivity contribution in [3.63, 3.8) is 0 Å². The molecule has 1 unspecified atom stereocenters. The quantitative estimate of drug-likeness (QED) is 0.332. The molecule has 3 amide bonds. The van der Waals surface area contributed by atoms with Crippen molar-refractivity contribution in [2.75, 3.05) is 0 Å². The summed E-state index contributed by atoms with van der Waals surface area (Å²) >= 11 is 0. The number of carbonyl (C=O) groups excluding carboxylic acids is 3. The highest BCUT2D eigenvalue weighted by Crippen LogP contribution is 2.08. The van der Waals surface area contributed by atoms with Gasteiger partial charge in [-0.3, -0.25) is 19.7 Å². The SMILES string of the molecule is NC(=O)C1CC(=O)NC1=O. The minimum atomic E-state index is -0.951. The Morgan fingerprint density at radius 3 is 2.40 bits per heavy atom. The van der Waals surface area contributed by atoms with Gasteiger partial charge in [0.25, 0.3) is 0 Å². The van der Waals surface area contributed by atoms with Gasteiger partial charge in [0.05, 0.1) is 0 Å². The van der Waals surface area contributed by atoms with Gasteiger partial charge in [-0.15, -0.1) is 0 Å². The van der Waals surface area contributed by atoms with Crippen LogP contribution in [-0.4, -0.2) is 17.7 Å². The Kier molecular flexibility index (Phi) is 1.41. The maximum absolute atomic E-state index is 10.6. The van der Waals surface area contributed by atoms with Gasteiger partial charge in [0.2, 0.25) is 17.7 Å². The van der Waals surface area contributed by atoms with Gasteiger partial charge in [0, 0.05) is 6.42 Å². The monoisotopic (exact) mass is 142 g/mol. The Bertz CT molecular complexity index is 211. The molecule has 1 rings (SSSR count). The first kappa shape index (κ1) is 6.73. The van der Waals surface area contributed by atoms with Gasteiger partial charge in [-0.1, -0.05) is 0 Å². The summed E-state index contributed by atoms with van der Waals surface area (Å²) in [5.74, 6) is -2.72. The first-order valence-corrected chi connectivity index (χ1v) is 2.74. The molecule has 1 heterocycles. The number of hydrogen-bond donors (Lipinski definition) is 2. The van der Waals surface area contributed by atoms with Crippen molar-refractivity contribution in [1.82, 2.24) is 5.32 Å². The van der Waals surface area contributed by atoms with E-state index < -0.39 is 23.6 Å². The Hall–Kier alpha value is -1.39. The predicted molar refractivity (Wildman–Crippen MR) is 30.5 cm³/mol. The molecule has 1 saturated heterocycles. The van der Waals surface area contributed by atoms with Crippen LogP contribution in [0.3, 0.4) is 0 Å². The molecule has 0 spiro atoms. The summed E-state index contributed by atoms with van der Waals surface area (Å²) in [4.78, 5) is 31.4. The average molecular weight is 142 g/mol. The average Bonchev–Trinajstić information content (AvgIpc) is 2.10. The molecule has 0 aliphatic carbocycles. The molecule has 10 heavy (non-hydrogen) atoms. The number of nitrogens with one attached hydrogen (secondary N) is 1. The van der Waals surface area contributed by atoms with Crippen molar-refractivity contribution in [3.05, 3.63) is 0 Å². The normalized spacial score (nSPS) is 24.6. The number of amides is 3.